The number of aromatic nitrogens is 2. The minimum Gasteiger partial charge on any atom is -0.454 e. The molecule has 0 radical (unpaired) electrons. The predicted octanol–water partition coefficient (Wildman–Crippen LogP) is 3.09. The van der Waals surface area contributed by atoms with Gasteiger partial charge in [0.1, 0.15) is 5.75 Å². The van der Waals surface area contributed by atoms with Crippen molar-refractivity contribution in [3.63, 3.8) is 0 Å². The van der Waals surface area contributed by atoms with Crippen LogP contribution in [0.4, 0.5) is 5.69 Å². The van der Waals surface area contributed by atoms with Crippen molar-refractivity contribution in [3.05, 3.63) is 41.0 Å². The molecule has 1 aromatic heterocycles. The summed E-state index contributed by atoms with van der Waals surface area (Å²) >= 11 is 0. The van der Waals surface area contributed by atoms with Crippen LogP contribution < -0.4 is 10.5 Å². The second-order valence-corrected chi connectivity index (χ2v) is 4.77. The maximum absolute atomic E-state index is 8.98. The van der Waals surface area contributed by atoms with Gasteiger partial charge in [-0.15, -0.1) is 0 Å². The molecule has 6 nitrogen and oxygen atoms in total. The molecule has 2 N–H and O–H groups in total. The molecule has 3 rings (SSSR count). The largest absolute Gasteiger partial charge is 0.454 e. The SMILES string of the molecule is Cc1cc(C#N)cc(C)c1Oc1ccc(N)c2nonc12. The minimum absolute atomic E-state index is 0.469. The van der Waals surface area contributed by atoms with Gasteiger partial charge < -0.3 is 10.5 Å². The van der Waals surface area contributed by atoms with Crippen molar-refractivity contribution in [1.29, 1.82) is 5.26 Å². The molecule has 0 aliphatic rings. The van der Waals surface area contributed by atoms with E-state index in [4.69, 9.17) is 20.4 Å². The van der Waals surface area contributed by atoms with E-state index in [-0.39, 0.29) is 0 Å². The van der Waals surface area contributed by atoms with Crippen molar-refractivity contribution in [3.8, 4) is 17.6 Å². The Morgan fingerprint density at radius 3 is 2.48 bits per heavy atom. The highest BCUT2D eigenvalue weighted by Gasteiger charge is 2.14. The highest BCUT2D eigenvalue weighted by molar-refractivity contribution is 5.90. The van der Waals surface area contributed by atoms with Crippen LogP contribution in [-0.2, 0) is 0 Å². The van der Waals surface area contributed by atoms with E-state index in [1.807, 2.05) is 13.8 Å². The second-order valence-electron chi connectivity index (χ2n) is 4.77. The summed E-state index contributed by atoms with van der Waals surface area (Å²) in [5.41, 5.74) is 9.56. The predicted molar refractivity (Wildman–Crippen MR) is 76.9 cm³/mol. The fourth-order valence-corrected chi connectivity index (χ4v) is 2.23. The summed E-state index contributed by atoms with van der Waals surface area (Å²) in [7, 11) is 0. The second kappa shape index (κ2) is 4.80. The lowest BCUT2D eigenvalue weighted by molar-refractivity contribution is 0.314. The van der Waals surface area contributed by atoms with Crippen LogP contribution in [0.3, 0.4) is 0 Å². The zero-order valence-corrected chi connectivity index (χ0v) is 11.5. The van der Waals surface area contributed by atoms with Crippen LogP contribution in [0.25, 0.3) is 11.0 Å². The molecule has 21 heavy (non-hydrogen) atoms. The summed E-state index contributed by atoms with van der Waals surface area (Å²) in [5.74, 6) is 1.19. The molecule has 0 bridgehead atoms. The zero-order valence-electron chi connectivity index (χ0n) is 11.5. The van der Waals surface area contributed by atoms with Crippen molar-refractivity contribution in [2.45, 2.75) is 13.8 Å². The van der Waals surface area contributed by atoms with Gasteiger partial charge in [-0.05, 0) is 59.6 Å². The van der Waals surface area contributed by atoms with Crippen molar-refractivity contribution >= 4 is 16.7 Å². The number of nitriles is 1. The molecule has 2 aromatic carbocycles. The van der Waals surface area contributed by atoms with E-state index in [0.29, 0.717) is 33.8 Å². The van der Waals surface area contributed by atoms with E-state index >= 15 is 0 Å². The number of rotatable bonds is 2. The Kier molecular flexibility index (Phi) is 2.95. The van der Waals surface area contributed by atoms with E-state index in [1.165, 1.54) is 0 Å². The number of fused-ring (bicyclic) bond motifs is 1. The highest BCUT2D eigenvalue weighted by Crippen LogP contribution is 2.34. The Labute approximate surface area is 120 Å². The van der Waals surface area contributed by atoms with Gasteiger partial charge in [-0.1, -0.05) is 0 Å². The van der Waals surface area contributed by atoms with E-state index in [2.05, 4.69) is 16.4 Å². The molecule has 0 fully saturated rings. The Morgan fingerprint density at radius 2 is 1.81 bits per heavy atom. The number of ether oxygens (including phenoxy) is 1. The topological polar surface area (TPSA) is 98.0 Å². The van der Waals surface area contributed by atoms with Crippen molar-refractivity contribution in [2.24, 2.45) is 0 Å². The molecule has 0 spiro atoms. The van der Waals surface area contributed by atoms with Gasteiger partial charge in [-0.25, -0.2) is 4.63 Å². The van der Waals surface area contributed by atoms with E-state index < -0.39 is 0 Å². The quantitative estimate of drug-likeness (QED) is 0.724. The third-order valence-electron chi connectivity index (χ3n) is 3.21. The standard InChI is InChI=1S/C15H12N4O2/c1-8-5-10(7-16)6-9(2)15(8)20-12-4-3-11(17)13-14(12)19-21-18-13/h3-6H,17H2,1-2H3. The van der Waals surface area contributed by atoms with Gasteiger partial charge in [0.2, 0.25) is 0 Å². The van der Waals surface area contributed by atoms with Crippen LogP contribution in [0.5, 0.6) is 11.5 Å². The van der Waals surface area contributed by atoms with Gasteiger partial charge in [-0.2, -0.15) is 5.26 Å². The average molecular weight is 280 g/mol. The number of hydrogen-bond acceptors (Lipinski definition) is 6. The fraction of sp³-hybridized carbons (Fsp3) is 0.133. The van der Waals surface area contributed by atoms with Gasteiger partial charge in [0.15, 0.2) is 16.8 Å². The smallest absolute Gasteiger partial charge is 0.179 e. The number of nitrogens with two attached hydrogens (primary N) is 1. The van der Waals surface area contributed by atoms with E-state index in [0.717, 1.165) is 11.1 Å². The molecule has 0 saturated carbocycles. The summed E-state index contributed by atoms with van der Waals surface area (Å²) in [6.45, 7) is 3.78. The fourth-order valence-electron chi connectivity index (χ4n) is 2.23. The molecular weight excluding hydrogens is 268 g/mol. The molecular formula is C15H12N4O2. The molecule has 0 atom stereocenters. The number of nitrogen functional groups attached to an aromatic ring is 1. The van der Waals surface area contributed by atoms with E-state index in [9.17, 15) is 0 Å². The molecule has 1 heterocycles. The first-order chi connectivity index (χ1) is 10.1. The average Bonchev–Trinajstić information content (AvgIpc) is 2.95. The summed E-state index contributed by atoms with van der Waals surface area (Å²) < 4.78 is 10.7. The van der Waals surface area contributed by atoms with Crippen LogP contribution in [0.2, 0.25) is 0 Å². The van der Waals surface area contributed by atoms with Gasteiger partial charge in [0.05, 0.1) is 17.3 Å². The maximum atomic E-state index is 8.98. The molecule has 0 saturated heterocycles. The Balaban J connectivity index is 2.10. The molecule has 3 aromatic rings. The number of anilines is 1. The lowest BCUT2D eigenvalue weighted by Gasteiger charge is -2.12. The first-order valence-electron chi connectivity index (χ1n) is 6.30. The number of benzene rings is 2. The summed E-state index contributed by atoms with van der Waals surface area (Å²) in [6.07, 6.45) is 0. The highest BCUT2D eigenvalue weighted by atomic mass is 16.6. The first kappa shape index (κ1) is 12.9. The molecule has 6 heteroatoms. The lowest BCUT2D eigenvalue weighted by atomic mass is 10.1. The van der Waals surface area contributed by atoms with Crippen molar-refractivity contribution < 1.29 is 9.37 Å². The lowest BCUT2D eigenvalue weighted by Crippen LogP contribution is -1.95. The molecule has 104 valence electrons. The Morgan fingerprint density at radius 1 is 1.14 bits per heavy atom. The van der Waals surface area contributed by atoms with Gasteiger partial charge in [0.25, 0.3) is 0 Å². The molecule has 0 unspecified atom stereocenters. The van der Waals surface area contributed by atoms with Crippen LogP contribution in [0.15, 0.2) is 28.9 Å². The molecule has 0 aliphatic carbocycles. The number of nitrogens with zero attached hydrogens (tertiary/aromatic N) is 3. The summed E-state index contributed by atoms with van der Waals surface area (Å²) in [5, 5.41) is 16.6. The minimum atomic E-state index is 0.469. The third kappa shape index (κ3) is 2.15. The van der Waals surface area contributed by atoms with Crippen LogP contribution in [0.1, 0.15) is 16.7 Å². The Hall–Kier alpha value is -3.07. The van der Waals surface area contributed by atoms with Crippen molar-refractivity contribution in [2.75, 3.05) is 5.73 Å². The van der Waals surface area contributed by atoms with Gasteiger partial charge in [-0.3, -0.25) is 0 Å². The monoisotopic (exact) mass is 280 g/mol. The van der Waals surface area contributed by atoms with Gasteiger partial charge >= 0.3 is 0 Å². The normalized spacial score (nSPS) is 10.5. The number of hydrogen-bond donors (Lipinski definition) is 1. The van der Waals surface area contributed by atoms with Crippen LogP contribution in [0, 0.1) is 25.2 Å². The zero-order chi connectivity index (χ0) is 15.0. The van der Waals surface area contributed by atoms with Crippen molar-refractivity contribution in [1.82, 2.24) is 10.3 Å². The number of aryl methyl sites for hydroxylation is 2. The Bertz CT molecular complexity index is 854. The van der Waals surface area contributed by atoms with Crippen LogP contribution >= 0.6 is 0 Å². The molecule has 0 aliphatic heterocycles. The van der Waals surface area contributed by atoms with E-state index in [1.54, 1.807) is 24.3 Å². The van der Waals surface area contributed by atoms with Crippen LogP contribution in [-0.4, -0.2) is 10.3 Å². The van der Waals surface area contributed by atoms with Gasteiger partial charge in [0, 0.05) is 0 Å². The summed E-state index contributed by atoms with van der Waals surface area (Å²) in [6, 6.07) is 9.09. The first-order valence-corrected chi connectivity index (χ1v) is 6.30. The third-order valence-corrected chi connectivity index (χ3v) is 3.21. The summed E-state index contributed by atoms with van der Waals surface area (Å²) in [4.78, 5) is 0. The molecule has 0 amide bonds. The maximum Gasteiger partial charge on any atom is 0.179 e.